The molecular weight excluding hydrogens is 312 g/mol. The van der Waals surface area contributed by atoms with E-state index < -0.39 is 5.54 Å². The van der Waals surface area contributed by atoms with Crippen LogP contribution in [0.25, 0.3) is 0 Å². The maximum Gasteiger partial charge on any atom is 0.223 e. The van der Waals surface area contributed by atoms with E-state index in [9.17, 15) is 4.79 Å². The molecule has 0 spiro atoms. The highest BCUT2D eigenvalue weighted by Gasteiger charge is 2.44. The Kier molecular flexibility index (Phi) is 4.32. The third-order valence-corrected chi connectivity index (χ3v) is 3.88. The second kappa shape index (κ2) is 6.42. The molecule has 3 heterocycles. The quantitative estimate of drug-likeness (QED) is 0.857. The van der Waals surface area contributed by atoms with E-state index in [0.29, 0.717) is 43.7 Å². The molecule has 1 N–H and O–H groups in total. The lowest BCUT2D eigenvalue weighted by Crippen LogP contribution is -2.48. The second-order valence-corrected chi connectivity index (χ2v) is 5.72. The van der Waals surface area contributed by atoms with Crippen LogP contribution in [-0.2, 0) is 10.3 Å². The van der Waals surface area contributed by atoms with E-state index >= 15 is 0 Å². The minimum absolute atomic E-state index is 0.142. The summed E-state index contributed by atoms with van der Waals surface area (Å²) in [4.78, 5) is 26.5. The van der Waals surface area contributed by atoms with Gasteiger partial charge in [-0.2, -0.15) is 4.98 Å². The summed E-state index contributed by atoms with van der Waals surface area (Å²) in [5, 5.41) is 7.00. The zero-order valence-corrected chi connectivity index (χ0v) is 13.9. The number of aromatic nitrogens is 4. The highest BCUT2D eigenvalue weighted by Crippen LogP contribution is 2.33. The fraction of sp³-hybridized carbons (Fsp3) is 0.533. The number of ether oxygens (including phenoxy) is 1. The summed E-state index contributed by atoms with van der Waals surface area (Å²) < 4.78 is 10.5. The molecular formula is C15H20N6O3. The van der Waals surface area contributed by atoms with Crippen LogP contribution in [0.5, 0.6) is 5.88 Å². The van der Waals surface area contributed by atoms with Gasteiger partial charge in [-0.1, -0.05) is 5.16 Å². The zero-order chi connectivity index (χ0) is 17.2. The van der Waals surface area contributed by atoms with Gasteiger partial charge < -0.3 is 19.5 Å². The van der Waals surface area contributed by atoms with Gasteiger partial charge in [-0.05, 0) is 13.3 Å². The maximum absolute atomic E-state index is 11.7. The average molecular weight is 332 g/mol. The number of rotatable bonds is 5. The van der Waals surface area contributed by atoms with Crippen molar-refractivity contribution in [2.45, 2.75) is 32.7 Å². The van der Waals surface area contributed by atoms with Crippen LogP contribution in [0, 0.1) is 6.92 Å². The monoisotopic (exact) mass is 332 g/mol. The topological polar surface area (TPSA) is 106 Å². The smallest absolute Gasteiger partial charge is 0.223 e. The Morgan fingerprint density at radius 3 is 3.00 bits per heavy atom. The van der Waals surface area contributed by atoms with E-state index in [1.54, 1.807) is 13.0 Å². The molecule has 9 heteroatoms. The van der Waals surface area contributed by atoms with Crippen molar-refractivity contribution >= 4 is 11.7 Å². The lowest BCUT2D eigenvalue weighted by Gasteiger charge is -2.27. The largest absolute Gasteiger partial charge is 0.478 e. The molecule has 1 amide bonds. The van der Waals surface area contributed by atoms with E-state index in [1.807, 2.05) is 11.8 Å². The van der Waals surface area contributed by atoms with Gasteiger partial charge in [0.25, 0.3) is 0 Å². The minimum Gasteiger partial charge on any atom is -0.478 e. The van der Waals surface area contributed by atoms with Gasteiger partial charge in [0, 0.05) is 33.0 Å². The van der Waals surface area contributed by atoms with Crippen molar-refractivity contribution < 1.29 is 14.1 Å². The summed E-state index contributed by atoms with van der Waals surface area (Å²) in [6.07, 6.45) is 2.12. The van der Waals surface area contributed by atoms with E-state index in [0.717, 1.165) is 5.82 Å². The number of hydrogen-bond acceptors (Lipinski definition) is 8. The summed E-state index contributed by atoms with van der Waals surface area (Å²) >= 11 is 0. The number of carbonyl (C=O) groups excluding carboxylic acids is 1. The van der Waals surface area contributed by atoms with Crippen molar-refractivity contribution in [3.8, 4) is 5.88 Å². The van der Waals surface area contributed by atoms with Crippen LogP contribution in [0.15, 0.2) is 16.9 Å². The molecule has 0 saturated carbocycles. The lowest BCUT2D eigenvalue weighted by atomic mass is 9.97. The van der Waals surface area contributed by atoms with Crippen LogP contribution >= 0.6 is 0 Å². The molecule has 1 aliphatic heterocycles. The maximum atomic E-state index is 11.7. The molecule has 1 saturated heterocycles. The predicted molar refractivity (Wildman–Crippen MR) is 84.6 cm³/mol. The van der Waals surface area contributed by atoms with Gasteiger partial charge in [-0.25, -0.2) is 9.97 Å². The molecule has 3 rings (SSSR count). The number of hydrogen-bond donors (Lipinski definition) is 1. The molecule has 0 unspecified atom stereocenters. The van der Waals surface area contributed by atoms with Gasteiger partial charge in [0.05, 0.1) is 6.61 Å². The van der Waals surface area contributed by atoms with Crippen LogP contribution in [0.3, 0.4) is 0 Å². The number of amides is 1. The van der Waals surface area contributed by atoms with Gasteiger partial charge in [-0.3, -0.25) is 4.79 Å². The van der Waals surface area contributed by atoms with Crippen LogP contribution in [-0.4, -0.2) is 45.7 Å². The van der Waals surface area contributed by atoms with Gasteiger partial charge in [0.1, 0.15) is 17.7 Å². The molecule has 1 aliphatic rings. The molecule has 9 nitrogen and oxygen atoms in total. The predicted octanol–water partition coefficient (Wildman–Crippen LogP) is 0.808. The molecule has 0 aromatic carbocycles. The molecule has 2 aromatic heterocycles. The Morgan fingerprint density at radius 2 is 2.33 bits per heavy atom. The van der Waals surface area contributed by atoms with Crippen molar-refractivity contribution in [2.75, 3.05) is 24.6 Å². The van der Waals surface area contributed by atoms with Crippen molar-refractivity contribution in [3.63, 3.8) is 0 Å². The fourth-order valence-corrected chi connectivity index (χ4v) is 2.91. The molecule has 0 radical (unpaired) electrons. The SMILES string of the molecule is CCOc1cc(N2CC[C@](NC(C)=O)(c3noc(C)n3)C2)ncn1. The number of nitrogens with zero attached hydrogens (tertiary/aromatic N) is 5. The molecule has 0 aliphatic carbocycles. The van der Waals surface area contributed by atoms with Gasteiger partial charge in [0.2, 0.25) is 17.7 Å². The van der Waals surface area contributed by atoms with Crippen molar-refractivity contribution in [2.24, 2.45) is 0 Å². The first-order chi connectivity index (χ1) is 11.5. The molecule has 1 atom stereocenters. The zero-order valence-electron chi connectivity index (χ0n) is 13.9. The molecule has 24 heavy (non-hydrogen) atoms. The van der Waals surface area contributed by atoms with Crippen molar-refractivity contribution in [3.05, 3.63) is 24.1 Å². The highest BCUT2D eigenvalue weighted by atomic mass is 16.5. The molecule has 128 valence electrons. The minimum atomic E-state index is -0.694. The number of aryl methyl sites for hydroxylation is 1. The van der Waals surface area contributed by atoms with Crippen molar-refractivity contribution in [1.29, 1.82) is 0 Å². The highest BCUT2D eigenvalue weighted by molar-refractivity contribution is 5.74. The first kappa shape index (κ1) is 16.2. The standard InChI is InChI=1S/C15H20N6O3/c1-4-23-13-7-12(16-9-17-13)21-6-5-15(8-21,19-10(2)22)14-18-11(3)24-20-14/h7,9H,4-6,8H2,1-3H3,(H,19,22)/t15-/m1/s1. The van der Waals surface area contributed by atoms with Gasteiger partial charge in [-0.15, -0.1) is 0 Å². The van der Waals surface area contributed by atoms with Gasteiger partial charge >= 0.3 is 0 Å². The van der Waals surface area contributed by atoms with Crippen molar-refractivity contribution in [1.82, 2.24) is 25.4 Å². The Bertz CT molecular complexity index is 734. The van der Waals surface area contributed by atoms with Crippen LogP contribution in [0.4, 0.5) is 5.82 Å². The molecule has 0 bridgehead atoms. The molecule has 2 aromatic rings. The van der Waals surface area contributed by atoms with Crippen LogP contribution in [0.1, 0.15) is 32.0 Å². The van der Waals surface area contributed by atoms with E-state index in [2.05, 4.69) is 25.4 Å². The summed E-state index contributed by atoms with van der Waals surface area (Å²) in [7, 11) is 0. The Balaban J connectivity index is 1.87. The number of nitrogens with one attached hydrogen (secondary N) is 1. The Labute approximate surface area is 139 Å². The number of anilines is 1. The van der Waals surface area contributed by atoms with Crippen LogP contribution in [0.2, 0.25) is 0 Å². The summed E-state index contributed by atoms with van der Waals surface area (Å²) in [5.74, 6) is 2.07. The Hall–Kier alpha value is -2.71. The van der Waals surface area contributed by atoms with E-state index in [4.69, 9.17) is 9.26 Å². The molecule has 1 fully saturated rings. The summed E-state index contributed by atoms with van der Waals surface area (Å²) in [6, 6.07) is 1.79. The summed E-state index contributed by atoms with van der Waals surface area (Å²) in [6.45, 7) is 6.83. The third-order valence-electron chi connectivity index (χ3n) is 3.88. The summed E-state index contributed by atoms with van der Waals surface area (Å²) in [5.41, 5.74) is -0.694. The fourth-order valence-electron chi connectivity index (χ4n) is 2.91. The lowest BCUT2D eigenvalue weighted by molar-refractivity contribution is -0.120. The van der Waals surface area contributed by atoms with Gasteiger partial charge in [0.15, 0.2) is 5.82 Å². The van der Waals surface area contributed by atoms with Crippen LogP contribution < -0.4 is 15.0 Å². The number of carbonyl (C=O) groups is 1. The first-order valence-corrected chi connectivity index (χ1v) is 7.82. The van der Waals surface area contributed by atoms with E-state index in [1.165, 1.54) is 13.3 Å². The normalized spacial score (nSPS) is 20.2. The third kappa shape index (κ3) is 3.15. The second-order valence-electron chi connectivity index (χ2n) is 5.72. The first-order valence-electron chi connectivity index (χ1n) is 7.82. The average Bonchev–Trinajstić information content (AvgIpc) is 3.15. The van der Waals surface area contributed by atoms with E-state index in [-0.39, 0.29) is 5.91 Å². The Morgan fingerprint density at radius 1 is 1.50 bits per heavy atom.